The predicted octanol–water partition coefficient (Wildman–Crippen LogP) is -0.115. The molecule has 0 amide bonds. The van der Waals surface area contributed by atoms with Gasteiger partial charge in [0.25, 0.3) is 0 Å². The van der Waals surface area contributed by atoms with Gasteiger partial charge in [-0.15, -0.1) is 0 Å². The van der Waals surface area contributed by atoms with E-state index in [1.54, 1.807) is 0 Å². The average Bonchev–Trinajstić information content (AvgIpc) is 2.18. The SMILES string of the molecule is CC(C)[C@H]1COC[C@@](C#N)(CO)N1. The summed E-state index contributed by atoms with van der Waals surface area (Å²) in [5, 5.41) is 21.1. The molecule has 0 unspecified atom stereocenters. The third kappa shape index (κ3) is 2.19. The minimum Gasteiger partial charge on any atom is -0.393 e. The van der Waals surface area contributed by atoms with Gasteiger partial charge < -0.3 is 9.84 Å². The molecule has 0 saturated carbocycles. The van der Waals surface area contributed by atoms with E-state index in [-0.39, 0.29) is 19.3 Å². The van der Waals surface area contributed by atoms with Gasteiger partial charge in [0.1, 0.15) is 0 Å². The zero-order chi connectivity index (χ0) is 9.90. The Bertz CT molecular complexity index is 212. The normalized spacial score (nSPS) is 34.5. The largest absolute Gasteiger partial charge is 0.393 e. The lowest BCUT2D eigenvalue weighted by atomic mass is 9.96. The van der Waals surface area contributed by atoms with Crippen LogP contribution >= 0.6 is 0 Å². The van der Waals surface area contributed by atoms with Crippen molar-refractivity contribution in [2.75, 3.05) is 19.8 Å². The van der Waals surface area contributed by atoms with Crippen molar-refractivity contribution in [1.29, 1.82) is 5.26 Å². The van der Waals surface area contributed by atoms with Crippen LogP contribution < -0.4 is 5.32 Å². The molecule has 13 heavy (non-hydrogen) atoms. The van der Waals surface area contributed by atoms with Crippen LogP contribution in [-0.2, 0) is 4.74 Å². The number of morpholine rings is 1. The summed E-state index contributed by atoms with van der Waals surface area (Å²) in [5.41, 5.74) is -0.896. The van der Waals surface area contributed by atoms with Gasteiger partial charge in [-0.25, -0.2) is 0 Å². The predicted molar refractivity (Wildman–Crippen MR) is 48.0 cm³/mol. The van der Waals surface area contributed by atoms with E-state index in [0.717, 1.165) is 0 Å². The molecule has 0 aliphatic carbocycles. The zero-order valence-corrected chi connectivity index (χ0v) is 8.08. The number of aliphatic hydroxyl groups is 1. The molecular weight excluding hydrogens is 168 g/mol. The van der Waals surface area contributed by atoms with Gasteiger partial charge in [-0.1, -0.05) is 13.8 Å². The van der Waals surface area contributed by atoms with Crippen molar-refractivity contribution in [1.82, 2.24) is 5.32 Å². The molecule has 74 valence electrons. The van der Waals surface area contributed by atoms with Crippen LogP contribution in [0.1, 0.15) is 13.8 Å². The Morgan fingerprint density at radius 1 is 1.77 bits per heavy atom. The van der Waals surface area contributed by atoms with Gasteiger partial charge in [-0.3, -0.25) is 5.32 Å². The monoisotopic (exact) mass is 184 g/mol. The molecule has 0 aromatic rings. The van der Waals surface area contributed by atoms with Gasteiger partial charge >= 0.3 is 0 Å². The first-order valence-corrected chi connectivity index (χ1v) is 4.51. The Hall–Kier alpha value is -0.630. The second-order valence-electron chi connectivity index (χ2n) is 3.86. The van der Waals surface area contributed by atoms with Crippen molar-refractivity contribution in [3.63, 3.8) is 0 Å². The van der Waals surface area contributed by atoms with Crippen molar-refractivity contribution in [3.8, 4) is 6.07 Å². The number of ether oxygens (including phenoxy) is 1. The van der Waals surface area contributed by atoms with E-state index in [0.29, 0.717) is 12.5 Å². The molecule has 0 aromatic heterocycles. The van der Waals surface area contributed by atoms with Crippen LogP contribution in [-0.4, -0.2) is 36.5 Å². The highest BCUT2D eigenvalue weighted by atomic mass is 16.5. The van der Waals surface area contributed by atoms with Crippen molar-refractivity contribution in [3.05, 3.63) is 0 Å². The van der Waals surface area contributed by atoms with Crippen LogP contribution in [0.4, 0.5) is 0 Å². The first kappa shape index (κ1) is 10.5. The van der Waals surface area contributed by atoms with E-state index in [1.807, 2.05) is 0 Å². The van der Waals surface area contributed by atoms with Gasteiger partial charge in [-0.05, 0) is 5.92 Å². The molecular formula is C9H16N2O2. The number of rotatable bonds is 2. The fourth-order valence-corrected chi connectivity index (χ4v) is 1.35. The summed E-state index contributed by atoms with van der Waals surface area (Å²) in [6, 6.07) is 2.22. The van der Waals surface area contributed by atoms with E-state index < -0.39 is 5.54 Å². The fourth-order valence-electron chi connectivity index (χ4n) is 1.35. The maximum absolute atomic E-state index is 9.08. The van der Waals surface area contributed by atoms with E-state index in [9.17, 15) is 0 Å². The summed E-state index contributed by atoms with van der Waals surface area (Å²) in [7, 11) is 0. The van der Waals surface area contributed by atoms with Crippen LogP contribution in [0.25, 0.3) is 0 Å². The molecule has 4 nitrogen and oxygen atoms in total. The molecule has 0 bridgehead atoms. The average molecular weight is 184 g/mol. The molecule has 1 fully saturated rings. The van der Waals surface area contributed by atoms with Gasteiger partial charge in [-0.2, -0.15) is 5.26 Å². The maximum atomic E-state index is 9.08. The smallest absolute Gasteiger partial charge is 0.153 e. The number of nitrogens with one attached hydrogen (secondary N) is 1. The van der Waals surface area contributed by atoms with E-state index >= 15 is 0 Å². The summed E-state index contributed by atoms with van der Waals surface area (Å²) in [4.78, 5) is 0. The topological polar surface area (TPSA) is 65.3 Å². The minimum absolute atomic E-state index is 0.153. The molecule has 0 aromatic carbocycles. The Morgan fingerprint density at radius 3 is 2.92 bits per heavy atom. The molecule has 2 atom stereocenters. The van der Waals surface area contributed by atoms with Crippen LogP contribution in [0.3, 0.4) is 0 Å². The number of nitriles is 1. The van der Waals surface area contributed by atoms with Gasteiger partial charge in [0.15, 0.2) is 5.54 Å². The van der Waals surface area contributed by atoms with Gasteiger partial charge in [0, 0.05) is 6.04 Å². The third-order valence-electron chi connectivity index (χ3n) is 2.40. The lowest BCUT2D eigenvalue weighted by Gasteiger charge is -2.37. The van der Waals surface area contributed by atoms with E-state index in [2.05, 4.69) is 25.2 Å². The highest BCUT2D eigenvalue weighted by Gasteiger charge is 2.37. The Labute approximate surface area is 78.5 Å². The molecule has 0 radical (unpaired) electrons. The molecule has 2 N–H and O–H groups in total. The Kier molecular flexibility index (Phi) is 3.26. The van der Waals surface area contributed by atoms with Crippen molar-refractivity contribution in [2.45, 2.75) is 25.4 Å². The second-order valence-corrected chi connectivity index (χ2v) is 3.86. The summed E-state index contributed by atoms with van der Waals surface area (Å²) in [6.07, 6.45) is 0. The first-order valence-electron chi connectivity index (χ1n) is 4.51. The molecule has 1 rings (SSSR count). The minimum atomic E-state index is -0.896. The molecule has 4 heteroatoms. The Morgan fingerprint density at radius 2 is 2.46 bits per heavy atom. The number of aliphatic hydroxyl groups excluding tert-OH is 1. The van der Waals surface area contributed by atoms with Crippen LogP contribution in [0.2, 0.25) is 0 Å². The van der Waals surface area contributed by atoms with E-state index in [4.69, 9.17) is 15.1 Å². The maximum Gasteiger partial charge on any atom is 0.153 e. The van der Waals surface area contributed by atoms with Crippen LogP contribution in [0.15, 0.2) is 0 Å². The standard InChI is InChI=1S/C9H16N2O2/c1-7(2)8-3-13-6-9(4-10,5-12)11-8/h7-8,11-12H,3,5-6H2,1-2H3/t8-,9-/m1/s1. The first-order chi connectivity index (χ1) is 6.13. The lowest BCUT2D eigenvalue weighted by Crippen LogP contribution is -2.61. The Balaban J connectivity index is 2.65. The van der Waals surface area contributed by atoms with Crippen molar-refractivity contribution in [2.24, 2.45) is 5.92 Å². The number of hydrogen-bond donors (Lipinski definition) is 2. The summed E-state index contributed by atoms with van der Waals surface area (Å²) in [5.74, 6) is 0.402. The highest BCUT2D eigenvalue weighted by Crippen LogP contribution is 2.15. The summed E-state index contributed by atoms with van der Waals surface area (Å²) in [6.45, 7) is 4.80. The quantitative estimate of drug-likeness (QED) is 0.628. The zero-order valence-electron chi connectivity index (χ0n) is 8.08. The van der Waals surface area contributed by atoms with E-state index in [1.165, 1.54) is 0 Å². The van der Waals surface area contributed by atoms with Crippen molar-refractivity contribution >= 4 is 0 Å². The molecule has 1 heterocycles. The van der Waals surface area contributed by atoms with Gasteiger partial charge in [0.05, 0.1) is 25.9 Å². The molecule has 0 spiro atoms. The van der Waals surface area contributed by atoms with Crippen molar-refractivity contribution < 1.29 is 9.84 Å². The summed E-state index contributed by atoms with van der Waals surface area (Å²) >= 11 is 0. The molecule has 1 aliphatic heterocycles. The lowest BCUT2D eigenvalue weighted by molar-refractivity contribution is -0.0118. The molecule has 1 aliphatic rings. The van der Waals surface area contributed by atoms with Crippen LogP contribution in [0, 0.1) is 17.2 Å². The van der Waals surface area contributed by atoms with Crippen LogP contribution in [0.5, 0.6) is 0 Å². The number of nitrogens with zero attached hydrogens (tertiary/aromatic N) is 1. The van der Waals surface area contributed by atoms with Gasteiger partial charge in [0.2, 0.25) is 0 Å². The molecule has 1 saturated heterocycles. The third-order valence-corrected chi connectivity index (χ3v) is 2.40. The highest BCUT2D eigenvalue weighted by molar-refractivity contribution is 5.10. The summed E-state index contributed by atoms with van der Waals surface area (Å²) < 4.78 is 5.30. The second kappa shape index (κ2) is 4.05. The fraction of sp³-hybridized carbons (Fsp3) is 0.889. The number of hydrogen-bond acceptors (Lipinski definition) is 4.